The molecule has 0 bridgehead atoms. The van der Waals surface area contributed by atoms with Gasteiger partial charge in [0.1, 0.15) is 6.04 Å². The predicted octanol–water partition coefficient (Wildman–Crippen LogP) is 4.10. The molecule has 35 heavy (non-hydrogen) atoms. The molecular weight excluding hydrogens is 462 g/mol. The Labute approximate surface area is 210 Å². The van der Waals surface area contributed by atoms with Gasteiger partial charge in [-0.3, -0.25) is 13.9 Å². The van der Waals surface area contributed by atoms with Crippen LogP contribution in [0.4, 0.5) is 5.69 Å². The van der Waals surface area contributed by atoms with Crippen LogP contribution in [0.5, 0.6) is 0 Å². The molecule has 0 aliphatic carbocycles. The highest BCUT2D eigenvalue weighted by atomic mass is 32.2. The molecule has 2 amide bonds. The van der Waals surface area contributed by atoms with Crippen LogP contribution < -0.4 is 9.62 Å². The number of hydrogen-bond donors (Lipinski definition) is 1. The summed E-state index contributed by atoms with van der Waals surface area (Å²) >= 11 is 0. The number of amides is 2. The van der Waals surface area contributed by atoms with Crippen LogP contribution in [-0.4, -0.2) is 50.5 Å². The Hall–Kier alpha value is -2.87. The maximum absolute atomic E-state index is 13.3. The van der Waals surface area contributed by atoms with E-state index in [9.17, 15) is 18.0 Å². The fraction of sp³-hybridized carbons (Fsp3) is 0.481. The van der Waals surface area contributed by atoms with Crippen LogP contribution >= 0.6 is 0 Å². The van der Waals surface area contributed by atoms with E-state index in [2.05, 4.69) is 5.32 Å². The largest absolute Gasteiger partial charge is 0.354 e. The van der Waals surface area contributed by atoms with E-state index >= 15 is 0 Å². The minimum atomic E-state index is -3.52. The molecule has 2 aromatic rings. The van der Waals surface area contributed by atoms with Gasteiger partial charge in [-0.25, -0.2) is 8.42 Å². The third-order valence-corrected chi connectivity index (χ3v) is 7.12. The van der Waals surface area contributed by atoms with Crippen molar-refractivity contribution in [2.24, 2.45) is 0 Å². The lowest BCUT2D eigenvalue weighted by molar-refractivity contribution is -0.140. The van der Waals surface area contributed by atoms with Crippen LogP contribution in [0.15, 0.2) is 42.5 Å². The lowest BCUT2D eigenvalue weighted by atomic mass is 10.1. The van der Waals surface area contributed by atoms with Gasteiger partial charge in [0.2, 0.25) is 21.8 Å². The molecule has 0 saturated carbocycles. The van der Waals surface area contributed by atoms with Gasteiger partial charge < -0.3 is 10.2 Å². The number of anilines is 1. The van der Waals surface area contributed by atoms with Crippen molar-refractivity contribution in [3.8, 4) is 0 Å². The van der Waals surface area contributed by atoms with Gasteiger partial charge in [-0.2, -0.15) is 0 Å². The van der Waals surface area contributed by atoms with Crippen LogP contribution in [0.2, 0.25) is 0 Å². The van der Waals surface area contributed by atoms with Crippen molar-refractivity contribution < 1.29 is 18.0 Å². The zero-order valence-corrected chi connectivity index (χ0v) is 22.6. The summed E-state index contributed by atoms with van der Waals surface area (Å²) in [6, 6.07) is 12.9. The fourth-order valence-electron chi connectivity index (χ4n) is 3.96. The molecule has 0 aromatic heterocycles. The summed E-state index contributed by atoms with van der Waals surface area (Å²) in [7, 11) is -3.52. The molecular formula is C27H39N3O4S. The van der Waals surface area contributed by atoms with Crippen molar-refractivity contribution in [2.45, 2.75) is 66.5 Å². The number of carbonyl (C=O) groups excluding carboxylic acids is 2. The molecule has 0 unspecified atom stereocenters. The van der Waals surface area contributed by atoms with Crippen LogP contribution in [0, 0.1) is 20.8 Å². The Balaban J connectivity index is 2.19. The number of rotatable bonds is 12. The molecule has 0 spiro atoms. The first-order valence-electron chi connectivity index (χ1n) is 12.1. The fourth-order valence-corrected chi connectivity index (χ4v) is 4.97. The minimum absolute atomic E-state index is 0.133. The minimum Gasteiger partial charge on any atom is -0.354 e. The second-order valence-corrected chi connectivity index (χ2v) is 11.1. The predicted molar refractivity (Wildman–Crippen MR) is 142 cm³/mol. The molecule has 0 aliphatic rings. The highest BCUT2D eigenvalue weighted by Gasteiger charge is 2.26. The third kappa shape index (κ3) is 8.38. The van der Waals surface area contributed by atoms with Gasteiger partial charge in [-0.05, 0) is 63.3 Å². The van der Waals surface area contributed by atoms with Crippen molar-refractivity contribution in [3.63, 3.8) is 0 Å². The standard InChI is InChI=1S/C27H39N3O4S/c1-7-15-28-27(32)23(5)29(19-24-11-8-10-20(2)17-24)26(31)12-9-16-30(35(6,33)34)25-18-21(3)13-14-22(25)4/h8,10-11,13-14,17-18,23H,7,9,12,15-16,19H2,1-6H3,(H,28,32)/t23-/m0/s1. The number of sulfonamides is 1. The average molecular weight is 502 g/mol. The van der Waals surface area contributed by atoms with E-state index in [4.69, 9.17) is 0 Å². The maximum atomic E-state index is 13.3. The van der Waals surface area contributed by atoms with E-state index in [1.807, 2.05) is 70.2 Å². The van der Waals surface area contributed by atoms with Crippen LogP contribution in [0.3, 0.4) is 0 Å². The number of carbonyl (C=O) groups is 2. The molecule has 0 saturated heterocycles. The number of aryl methyl sites for hydroxylation is 3. The molecule has 2 rings (SSSR count). The molecule has 0 heterocycles. The van der Waals surface area contributed by atoms with Crippen molar-refractivity contribution in [1.82, 2.24) is 10.2 Å². The Morgan fingerprint density at radius 2 is 1.71 bits per heavy atom. The highest BCUT2D eigenvalue weighted by Crippen LogP contribution is 2.24. The molecule has 7 nitrogen and oxygen atoms in total. The van der Waals surface area contributed by atoms with E-state index < -0.39 is 16.1 Å². The molecule has 0 radical (unpaired) electrons. The lowest BCUT2D eigenvalue weighted by Gasteiger charge is -2.29. The summed E-state index contributed by atoms with van der Waals surface area (Å²) in [5.41, 5.74) is 4.47. The Morgan fingerprint density at radius 3 is 2.34 bits per heavy atom. The zero-order chi connectivity index (χ0) is 26.2. The molecule has 0 aliphatic heterocycles. The van der Waals surface area contributed by atoms with E-state index in [1.165, 1.54) is 10.6 Å². The average Bonchev–Trinajstić information content (AvgIpc) is 2.79. The highest BCUT2D eigenvalue weighted by molar-refractivity contribution is 7.92. The smallest absolute Gasteiger partial charge is 0.242 e. The van der Waals surface area contributed by atoms with Crippen molar-refractivity contribution in [1.29, 1.82) is 0 Å². The van der Waals surface area contributed by atoms with Crippen LogP contribution in [0.25, 0.3) is 0 Å². The van der Waals surface area contributed by atoms with Gasteiger partial charge >= 0.3 is 0 Å². The van der Waals surface area contributed by atoms with Gasteiger partial charge in [0, 0.05) is 26.1 Å². The molecule has 1 N–H and O–H groups in total. The number of nitrogens with zero attached hydrogens (tertiary/aromatic N) is 2. The van der Waals surface area contributed by atoms with Crippen LogP contribution in [-0.2, 0) is 26.2 Å². The lowest BCUT2D eigenvalue weighted by Crippen LogP contribution is -2.47. The van der Waals surface area contributed by atoms with Crippen LogP contribution in [0.1, 0.15) is 55.4 Å². The number of nitrogens with one attached hydrogen (secondary N) is 1. The van der Waals surface area contributed by atoms with E-state index in [-0.39, 0.29) is 24.8 Å². The molecule has 0 fully saturated rings. The topological polar surface area (TPSA) is 86.8 Å². The SMILES string of the molecule is CCCNC(=O)[C@H](C)N(Cc1cccc(C)c1)C(=O)CCCN(c1cc(C)ccc1C)S(C)(=O)=O. The first kappa shape index (κ1) is 28.4. The quantitative estimate of drug-likeness (QED) is 0.474. The second kappa shape index (κ2) is 12.7. The van der Waals surface area contributed by atoms with E-state index in [0.29, 0.717) is 25.2 Å². The van der Waals surface area contributed by atoms with Gasteiger partial charge in [-0.1, -0.05) is 48.9 Å². The van der Waals surface area contributed by atoms with Gasteiger partial charge in [0.15, 0.2) is 0 Å². The monoisotopic (exact) mass is 501 g/mol. The molecule has 1 atom stereocenters. The molecule has 2 aromatic carbocycles. The van der Waals surface area contributed by atoms with Gasteiger partial charge in [0.05, 0.1) is 11.9 Å². The van der Waals surface area contributed by atoms with Crippen molar-refractivity contribution in [2.75, 3.05) is 23.7 Å². The number of hydrogen-bond acceptors (Lipinski definition) is 4. The first-order valence-corrected chi connectivity index (χ1v) is 14.0. The van der Waals surface area contributed by atoms with Gasteiger partial charge in [0.25, 0.3) is 0 Å². The summed E-state index contributed by atoms with van der Waals surface area (Å²) in [6.45, 7) is 10.5. The van der Waals surface area contributed by atoms with Gasteiger partial charge in [-0.15, -0.1) is 0 Å². The Bertz CT molecular complexity index is 1130. The van der Waals surface area contributed by atoms with Crippen molar-refractivity contribution in [3.05, 3.63) is 64.7 Å². The van der Waals surface area contributed by atoms with E-state index in [1.54, 1.807) is 11.8 Å². The molecule has 192 valence electrons. The van der Waals surface area contributed by atoms with E-state index in [0.717, 1.165) is 28.7 Å². The third-order valence-electron chi connectivity index (χ3n) is 5.94. The first-order chi connectivity index (χ1) is 16.4. The summed E-state index contributed by atoms with van der Waals surface area (Å²) < 4.78 is 26.5. The second-order valence-electron chi connectivity index (χ2n) is 9.21. The van der Waals surface area contributed by atoms with Crippen molar-refractivity contribution >= 4 is 27.5 Å². The maximum Gasteiger partial charge on any atom is 0.242 e. The Morgan fingerprint density at radius 1 is 1.03 bits per heavy atom. The normalized spacial score (nSPS) is 12.2. The summed E-state index contributed by atoms with van der Waals surface area (Å²) in [5, 5.41) is 2.87. The zero-order valence-electron chi connectivity index (χ0n) is 21.8. The summed E-state index contributed by atoms with van der Waals surface area (Å²) in [6.07, 6.45) is 2.46. The summed E-state index contributed by atoms with van der Waals surface area (Å²) in [4.78, 5) is 27.6. The number of benzene rings is 2. The summed E-state index contributed by atoms with van der Waals surface area (Å²) in [5.74, 6) is -0.374. The Kier molecular flexibility index (Phi) is 10.3. The molecule has 8 heteroatoms.